The molecule has 1 aromatic heterocycles. The summed E-state index contributed by atoms with van der Waals surface area (Å²) in [6, 6.07) is 3.51. The van der Waals surface area contributed by atoms with Crippen LogP contribution in [0.2, 0.25) is 5.15 Å². The van der Waals surface area contributed by atoms with Crippen molar-refractivity contribution in [2.24, 2.45) is 0 Å². The molecule has 0 saturated heterocycles. The first-order chi connectivity index (χ1) is 6.63. The summed E-state index contributed by atoms with van der Waals surface area (Å²) in [5.74, 6) is 0. The summed E-state index contributed by atoms with van der Waals surface area (Å²) in [7, 11) is 0. The number of nitrogens with zero attached hydrogens (tertiary/aromatic N) is 1. The third kappa shape index (κ3) is 2.85. The highest BCUT2D eigenvalue weighted by Crippen LogP contribution is 2.15. The molecule has 14 heavy (non-hydrogen) atoms. The van der Waals surface area contributed by atoms with Crippen molar-refractivity contribution in [3.63, 3.8) is 0 Å². The average Bonchev–Trinajstić information content (AvgIpc) is 2.16. The number of aryl methyl sites for hydroxylation is 1. The quantitative estimate of drug-likeness (QED) is 0.474. The zero-order chi connectivity index (χ0) is 10.6. The molecule has 0 fully saturated rings. The predicted octanol–water partition coefficient (Wildman–Crippen LogP) is 2.56. The molecule has 0 aliphatic heterocycles. The van der Waals surface area contributed by atoms with Crippen molar-refractivity contribution in [2.45, 2.75) is 13.8 Å². The minimum atomic E-state index is 0.462. The number of aromatic nitrogens is 1. The van der Waals surface area contributed by atoms with Gasteiger partial charge in [0.1, 0.15) is 11.4 Å². The fraction of sp³-hybridized carbons (Fsp3) is 0.200. The van der Waals surface area contributed by atoms with E-state index < -0.39 is 0 Å². The van der Waals surface area contributed by atoms with Gasteiger partial charge in [-0.05, 0) is 26.0 Å². The van der Waals surface area contributed by atoms with Gasteiger partial charge < -0.3 is 5.32 Å². The number of hydrogen-bond donors (Lipinski definition) is 1. The van der Waals surface area contributed by atoms with Crippen molar-refractivity contribution >= 4 is 23.6 Å². The second-order valence-corrected chi connectivity index (χ2v) is 3.30. The van der Waals surface area contributed by atoms with E-state index in [1.807, 2.05) is 13.0 Å². The SMILES string of the molecule is C/C(C=O)=C\Nc1ccc(Cl)nc1C. The predicted molar refractivity (Wildman–Crippen MR) is 57.4 cm³/mol. The van der Waals surface area contributed by atoms with Crippen molar-refractivity contribution in [3.8, 4) is 0 Å². The normalized spacial score (nSPS) is 11.2. The Bertz CT molecular complexity index is 374. The number of allylic oxidation sites excluding steroid dienone is 1. The van der Waals surface area contributed by atoms with Crippen LogP contribution >= 0.6 is 11.6 Å². The lowest BCUT2D eigenvalue weighted by atomic mass is 10.3. The van der Waals surface area contributed by atoms with E-state index in [2.05, 4.69) is 10.3 Å². The Morgan fingerprint density at radius 2 is 2.29 bits per heavy atom. The zero-order valence-electron chi connectivity index (χ0n) is 8.04. The number of carbonyl (C=O) groups excluding carboxylic acids is 1. The van der Waals surface area contributed by atoms with Crippen LogP contribution in [-0.2, 0) is 4.79 Å². The largest absolute Gasteiger partial charge is 0.360 e. The van der Waals surface area contributed by atoms with E-state index in [0.717, 1.165) is 17.7 Å². The van der Waals surface area contributed by atoms with Crippen LogP contribution in [0.25, 0.3) is 0 Å². The van der Waals surface area contributed by atoms with Gasteiger partial charge in [-0.3, -0.25) is 4.79 Å². The van der Waals surface area contributed by atoms with Crippen LogP contribution < -0.4 is 5.32 Å². The third-order valence-electron chi connectivity index (χ3n) is 1.69. The van der Waals surface area contributed by atoms with Gasteiger partial charge in [-0.1, -0.05) is 11.6 Å². The molecule has 1 heterocycles. The summed E-state index contributed by atoms with van der Waals surface area (Å²) in [4.78, 5) is 14.4. The third-order valence-corrected chi connectivity index (χ3v) is 1.90. The molecular weight excluding hydrogens is 200 g/mol. The Morgan fingerprint density at radius 3 is 2.86 bits per heavy atom. The van der Waals surface area contributed by atoms with Gasteiger partial charge in [0.15, 0.2) is 0 Å². The molecule has 0 spiro atoms. The van der Waals surface area contributed by atoms with Crippen molar-refractivity contribution in [2.75, 3.05) is 5.32 Å². The lowest BCUT2D eigenvalue weighted by Gasteiger charge is -2.04. The van der Waals surface area contributed by atoms with Gasteiger partial charge in [0, 0.05) is 11.8 Å². The second-order valence-electron chi connectivity index (χ2n) is 2.92. The molecule has 0 unspecified atom stereocenters. The number of rotatable bonds is 3. The fourth-order valence-electron chi connectivity index (χ4n) is 0.909. The van der Waals surface area contributed by atoms with Crippen LogP contribution in [0.5, 0.6) is 0 Å². The smallest absolute Gasteiger partial charge is 0.147 e. The molecule has 4 heteroatoms. The number of nitrogens with one attached hydrogen (secondary N) is 1. The Balaban J connectivity index is 2.82. The topological polar surface area (TPSA) is 42.0 Å². The van der Waals surface area contributed by atoms with Gasteiger partial charge in [0.05, 0.1) is 11.4 Å². The van der Waals surface area contributed by atoms with Crippen LogP contribution in [0, 0.1) is 6.92 Å². The van der Waals surface area contributed by atoms with Gasteiger partial charge in [-0.25, -0.2) is 4.98 Å². The highest BCUT2D eigenvalue weighted by atomic mass is 35.5. The van der Waals surface area contributed by atoms with Crippen LogP contribution in [0.3, 0.4) is 0 Å². The lowest BCUT2D eigenvalue weighted by molar-refractivity contribution is -0.104. The number of anilines is 1. The van der Waals surface area contributed by atoms with Crippen molar-refractivity contribution in [3.05, 3.63) is 34.8 Å². The molecule has 1 aromatic rings. The first kappa shape index (κ1) is 10.7. The van der Waals surface area contributed by atoms with E-state index in [9.17, 15) is 4.79 Å². The maximum atomic E-state index is 10.3. The summed E-state index contributed by atoms with van der Waals surface area (Å²) in [6.07, 6.45) is 2.41. The maximum Gasteiger partial charge on any atom is 0.147 e. The van der Waals surface area contributed by atoms with Crippen LogP contribution in [0.4, 0.5) is 5.69 Å². The van der Waals surface area contributed by atoms with Crippen molar-refractivity contribution < 1.29 is 4.79 Å². The summed E-state index contributed by atoms with van der Waals surface area (Å²) >= 11 is 5.70. The molecule has 0 saturated carbocycles. The Hall–Kier alpha value is -1.35. The van der Waals surface area contributed by atoms with E-state index in [1.165, 1.54) is 0 Å². The first-order valence-electron chi connectivity index (χ1n) is 4.15. The molecule has 0 amide bonds. The van der Waals surface area contributed by atoms with Gasteiger partial charge in [0.2, 0.25) is 0 Å². The summed E-state index contributed by atoms with van der Waals surface area (Å²) < 4.78 is 0. The van der Waals surface area contributed by atoms with Crippen LogP contribution in [0.15, 0.2) is 23.9 Å². The molecule has 0 radical (unpaired) electrons. The van der Waals surface area contributed by atoms with Gasteiger partial charge >= 0.3 is 0 Å². The van der Waals surface area contributed by atoms with E-state index in [0.29, 0.717) is 10.7 Å². The molecule has 0 aliphatic carbocycles. The Kier molecular flexibility index (Phi) is 3.65. The lowest BCUT2D eigenvalue weighted by Crippen LogP contribution is -1.95. The Labute approximate surface area is 87.8 Å². The summed E-state index contributed by atoms with van der Waals surface area (Å²) in [5, 5.41) is 3.44. The summed E-state index contributed by atoms with van der Waals surface area (Å²) in [6.45, 7) is 3.57. The minimum Gasteiger partial charge on any atom is -0.360 e. The molecule has 0 aromatic carbocycles. The fourth-order valence-corrected chi connectivity index (χ4v) is 1.10. The number of pyridine rings is 1. The van der Waals surface area contributed by atoms with E-state index >= 15 is 0 Å². The van der Waals surface area contributed by atoms with Crippen LogP contribution in [0.1, 0.15) is 12.6 Å². The molecule has 0 aliphatic rings. The first-order valence-corrected chi connectivity index (χ1v) is 4.53. The molecule has 74 valence electrons. The number of aldehydes is 1. The van der Waals surface area contributed by atoms with Gasteiger partial charge in [0.25, 0.3) is 0 Å². The highest BCUT2D eigenvalue weighted by molar-refractivity contribution is 6.29. The Morgan fingerprint density at radius 1 is 1.57 bits per heavy atom. The molecule has 1 rings (SSSR count). The van der Waals surface area contributed by atoms with Crippen molar-refractivity contribution in [1.29, 1.82) is 0 Å². The standard InChI is InChI=1S/C10H11ClN2O/c1-7(6-14)5-12-9-3-4-10(11)13-8(9)2/h3-6,12H,1-2H3/b7-5+. The van der Waals surface area contributed by atoms with Crippen LogP contribution in [-0.4, -0.2) is 11.3 Å². The van der Waals surface area contributed by atoms with Crippen molar-refractivity contribution in [1.82, 2.24) is 4.98 Å². The van der Waals surface area contributed by atoms with E-state index in [1.54, 1.807) is 19.2 Å². The minimum absolute atomic E-state index is 0.462. The zero-order valence-corrected chi connectivity index (χ0v) is 8.80. The molecule has 0 bridgehead atoms. The van der Waals surface area contributed by atoms with E-state index in [4.69, 9.17) is 11.6 Å². The van der Waals surface area contributed by atoms with E-state index in [-0.39, 0.29) is 0 Å². The molecule has 1 N–H and O–H groups in total. The average molecular weight is 211 g/mol. The van der Waals surface area contributed by atoms with Gasteiger partial charge in [-0.15, -0.1) is 0 Å². The molecule has 0 atom stereocenters. The monoisotopic (exact) mass is 210 g/mol. The summed E-state index contributed by atoms with van der Waals surface area (Å²) in [5.41, 5.74) is 2.27. The number of hydrogen-bond acceptors (Lipinski definition) is 3. The maximum absolute atomic E-state index is 10.3. The second kappa shape index (κ2) is 4.77. The molecular formula is C10H11ClN2O. The van der Waals surface area contributed by atoms with Gasteiger partial charge in [-0.2, -0.15) is 0 Å². The molecule has 3 nitrogen and oxygen atoms in total. The number of halogens is 1. The number of carbonyl (C=O) groups is 1. The highest BCUT2D eigenvalue weighted by Gasteiger charge is 1.97.